The quantitative estimate of drug-likeness (QED) is 0.159. The summed E-state index contributed by atoms with van der Waals surface area (Å²) in [5, 5.41) is 3.04. The summed E-state index contributed by atoms with van der Waals surface area (Å²) < 4.78 is 38.5. The van der Waals surface area contributed by atoms with Crippen LogP contribution in [0.4, 0.5) is 0 Å². The molecular weight excluding hydrogens is 608 g/mol. The molecule has 2 heterocycles. The fourth-order valence-electron chi connectivity index (χ4n) is 4.36. The van der Waals surface area contributed by atoms with Crippen molar-refractivity contribution in [1.82, 2.24) is 10.2 Å². The van der Waals surface area contributed by atoms with Crippen LogP contribution in [0.15, 0.2) is 27.4 Å². The van der Waals surface area contributed by atoms with E-state index in [4.69, 9.17) is 44.4 Å². The lowest BCUT2D eigenvalue weighted by Gasteiger charge is -2.43. The number of amides is 1. The van der Waals surface area contributed by atoms with Crippen molar-refractivity contribution in [2.45, 2.75) is 64.8 Å². The third-order valence-electron chi connectivity index (χ3n) is 6.02. The Kier molecular flexibility index (Phi) is 11.7. The molecule has 5 unspecified atom stereocenters. The van der Waals surface area contributed by atoms with Crippen molar-refractivity contribution >= 4 is 52.4 Å². The molecule has 0 spiro atoms. The smallest absolute Gasteiger partial charge is 0.336 e. The number of benzene rings is 1. The van der Waals surface area contributed by atoms with Gasteiger partial charge in [-0.1, -0.05) is 11.6 Å². The minimum absolute atomic E-state index is 0.0120. The number of carbonyl (C=O) groups is 5. The highest BCUT2D eigenvalue weighted by Gasteiger charge is 2.53. The molecule has 5 atom stereocenters. The molecule has 240 valence electrons. The number of hydrogen-bond acceptors (Lipinski definition) is 14. The Morgan fingerprint density at radius 1 is 0.886 bits per heavy atom. The van der Waals surface area contributed by atoms with E-state index >= 15 is 0 Å². The van der Waals surface area contributed by atoms with E-state index in [1.165, 1.54) is 18.2 Å². The summed E-state index contributed by atoms with van der Waals surface area (Å²) in [7, 11) is 3.55. The zero-order valence-electron chi connectivity index (χ0n) is 24.9. The molecule has 3 rings (SSSR count). The number of esters is 4. The summed E-state index contributed by atoms with van der Waals surface area (Å²) in [6.07, 6.45) is -7.34. The first-order valence-corrected chi connectivity index (χ1v) is 13.7. The first-order valence-electron chi connectivity index (χ1n) is 13.3. The molecule has 44 heavy (non-hydrogen) atoms. The van der Waals surface area contributed by atoms with Gasteiger partial charge in [0.05, 0.1) is 18.1 Å². The van der Waals surface area contributed by atoms with Gasteiger partial charge in [-0.05, 0) is 25.7 Å². The molecule has 16 heteroatoms. The minimum Gasteiger partial charge on any atom is -0.463 e. The second-order valence-electron chi connectivity index (χ2n) is 10.1. The zero-order chi connectivity index (χ0) is 32.7. The Hall–Kier alpha value is -4.21. The molecule has 0 radical (unpaired) electrons. The molecular formula is C28H33ClN2O13. The fourth-order valence-corrected chi connectivity index (χ4v) is 4.56. The molecule has 1 N–H and O–H groups in total. The molecule has 0 aliphatic carbocycles. The predicted octanol–water partition coefficient (Wildman–Crippen LogP) is 1.09. The third-order valence-corrected chi connectivity index (χ3v) is 6.31. The topological polar surface area (TPSA) is 186 Å². The van der Waals surface area contributed by atoms with E-state index < -0.39 is 66.8 Å². The van der Waals surface area contributed by atoms with Crippen molar-refractivity contribution in [1.29, 1.82) is 0 Å². The van der Waals surface area contributed by atoms with Crippen molar-refractivity contribution in [3.05, 3.63) is 39.2 Å². The fraction of sp³-hybridized carbons (Fsp3) is 0.500. The number of rotatable bonds is 11. The average molecular weight is 641 g/mol. The first kappa shape index (κ1) is 34.3. The molecule has 15 nitrogen and oxygen atoms in total. The van der Waals surface area contributed by atoms with Gasteiger partial charge in [0.2, 0.25) is 18.3 Å². The van der Waals surface area contributed by atoms with E-state index in [0.717, 1.165) is 27.7 Å². The largest absolute Gasteiger partial charge is 0.463 e. The maximum absolute atomic E-state index is 12.5. The average Bonchev–Trinajstić information content (AvgIpc) is 2.89. The molecule has 1 aliphatic rings. The van der Waals surface area contributed by atoms with Gasteiger partial charge in [0.1, 0.15) is 24.0 Å². The van der Waals surface area contributed by atoms with E-state index in [0.29, 0.717) is 10.9 Å². The molecule has 1 aromatic heterocycles. The summed E-state index contributed by atoms with van der Waals surface area (Å²) in [5.41, 5.74) is -0.389. The van der Waals surface area contributed by atoms with Crippen LogP contribution in [-0.4, -0.2) is 92.8 Å². The summed E-state index contributed by atoms with van der Waals surface area (Å²) >= 11 is 6.54. The lowest BCUT2D eigenvalue weighted by molar-refractivity contribution is -0.288. The van der Waals surface area contributed by atoms with Gasteiger partial charge >= 0.3 is 29.5 Å². The van der Waals surface area contributed by atoms with Crippen molar-refractivity contribution < 1.29 is 56.8 Å². The van der Waals surface area contributed by atoms with Crippen molar-refractivity contribution in [2.24, 2.45) is 0 Å². The Balaban J connectivity index is 2.04. The SMILES string of the molecule is CC(=O)OCC1OC(Oc2cc3oc(=O)cc(CC(=O)NCN(C)C)c3cc2Cl)C(OC(C)=O)C(OC(C)=O)C1OC(C)=O. The van der Waals surface area contributed by atoms with Crippen molar-refractivity contribution in [3.63, 3.8) is 0 Å². The first-order chi connectivity index (χ1) is 20.6. The van der Waals surface area contributed by atoms with Crippen LogP contribution in [0.3, 0.4) is 0 Å². The van der Waals surface area contributed by atoms with Crippen LogP contribution in [0, 0.1) is 0 Å². The van der Waals surface area contributed by atoms with Crippen LogP contribution in [-0.2, 0) is 54.1 Å². The van der Waals surface area contributed by atoms with Crippen LogP contribution in [0.5, 0.6) is 5.75 Å². The lowest BCUT2D eigenvalue weighted by Crippen LogP contribution is -2.63. The Morgan fingerprint density at radius 2 is 1.50 bits per heavy atom. The molecule has 0 bridgehead atoms. The number of halogens is 1. The van der Waals surface area contributed by atoms with E-state index in [2.05, 4.69) is 5.32 Å². The maximum atomic E-state index is 12.5. The number of hydrogen-bond donors (Lipinski definition) is 1. The minimum atomic E-state index is -1.57. The lowest BCUT2D eigenvalue weighted by atomic mass is 9.98. The van der Waals surface area contributed by atoms with Crippen molar-refractivity contribution in [2.75, 3.05) is 27.4 Å². The van der Waals surface area contributed by atoms with Gasteiger partial charge in [-0.25, -0.2) is 4.79 Å². The monoisotopic (exact) mass is 640 g/mol. The van der Waals surface area contributed by atoms with Crippen LogP contribution >= 0.6 is 11.6 Å². The Bertz CT molecular complexity index is 1470. The summed E-state index contributed by atoms with van der Waals surface area (Å²) in [5.74, 6) is -3.57. The number of nitrogens with zero attached hydrogens (tertiary/aromatic N) is 1. The number of fused-ring (bicyclic) bond motifs is 1. The van der Waals surface area contributed by atoms with Crippen LogP contribution in [0.25, 0.3) is 11.0 Å². The highest BCUT2D eigenvalue weighted by Crippen LogP contribution is 2.36. The molecule has 1 saturated heterocycles. The Morgan fingerprint density at radius 3 is 2.09 bits per heavy atom. The van der Waals surface area contributed by atoms with Gasteiger partial charge in [-0.3, -0.25) is 28.9 Å². The van der Waals surface area contributed by atoms with Crippen molar-refractivity contribution in [3.8, 4) is 5.75 Å². The molecule has 1 aliphatic heterocycles. The second kappa shape index (κ2) is 15.0. The standard InChI is InChI=1S/C28H33ClN2O13/c1-13(32)38-11-22-25(39-14(2)33)26(40-15(3)34)27(41-16(4)35)28(44-22)43-21-10-20-18(9-19(21)29)17(8-24(37)42-20)7-23(36)30-12-31(5)6/h8-10,22,25-28H,7,11-12H2,1-6H3,(H,30,36). The third kappa shape index (κ3) is 9.39. The van der Waals surface area contributed by atoms with E-state index in [1.807, 2.05) is 0 Å². The van der Waals surface area contributed by atoms with Gasteiger partial charge in [0, 0.05) is 45.2 Å². The van der Waals surface area contributed by atoms with Gasteiger partial charge in [0.15, 0.2) is 12.2 Å². The number of ether oxygens (including phenoxy) is 6. The second-order valence-corrected chi connectivity index (χ2v) is 10.5. The highest BCUT2D eigenvalue weighted by molar-refractivity contribution is 6.32. The molecule has 0 saturated carbocycles. The highest BCUT2D eigenvalue weighted by atomic mass is 35.5. The van der Waals surface area contributed by atoms with Gasteiger partial charge in [-0.2, -0.15) is 0 Å². The van der Waals surface area contributed by atoms with E-state index in [-0.39, 0.29) is 35.4 Å². The number of carbonyl (C=O) groups excluding carboxylic acids is 5. The summed E-state index contributed by atoms with van der Waals surface area (Å²) in [6, 6.07) is 3.86. The summed E-state index contributed by atoms with van der Waals surface area (Å²) in [6.45, 7) is 4.24. The van der Waals surface area contributed by atoms with Gasteiger partial charge < -0.3 is 38.2 Å². The maximum Gasteiger partial charge on any atom is 0.336 e. The van der Waals surface area contributed by atoms with Crippen LogP contribution in [0.1, 0.15) is 33.3 Å². The normalized spacial score (nSPS) is 21.3. The van der Waals surface area contributed by atoms with Crippen LogP contribution < -0.4 is 15.7 Å². The number of nitrogens with one attached hydrogen (secondary N) is 1. The van der Waals surface area contributed by atoms with Crippen LogP contribution in [0.2, 0.25) is 5.02 Å². The zero-order valence-corrected chi connectivity index (χ0v) is 25.6. The van der Waals surface area contributed by atoms with Gasteiger partial charge in [-0.15, -0.1) is 0 Å². The summed E-state index contributed by atoms with van der Waals surface area (Å²) in [4.78, 5) is 74.2. The predicted molar refractivity (Wildman–Crippen MR) is 150 cm³/mol. The van der Waals surface area contributed by atoms with Gasteiger partial charge in [0.25, 0.3) is 0 Å². The Labute approximate surface area is 256 Å². The molecule has 1 aromatic carbocycles. The van der Waals surface area contributed by atoms with E-state index in [1.54, 1.807) is 19.0 Å². The molecule has 2 aromatic rings. The van der Waals surface area contributed by atoms with E-state index in [9.17, 15) is 28.8 Å². The molecule has 1 fully saturated rings. The molecule has 1 amide bonds.